The van der Waals surface area contributed by atoms with Crippen LogP contribution in [0.25, 0.3) is 5.65 Å². The Morgan fingerprint density at radius 1 is 1.31 bits per heavy atom. The van der Waals surface area contributed by atoms with E-state index in [0.29, 0.717) is 12.5 Å². The molecule has 1 fully saturated rings. The summed E-state index contributed by atoms with van der Waals surface area (Å²) in [6, 6.07) is 4.33. The fraction of sp³-hybridized carbons (Fsp3) is 0.471. The maximum atomic E-state index is 12.0. The minimum absolute atomic E-state index is 0.0622. The molecule has 5 rings (SSSR count). The molecule has 3 aromatic heterocycles. The first kappa shape index (κ1) is 15.3. The average molecular weight is 352 g/mol. The van der Waals surface area contributed by atoms with Crippen LogP contribution in [-0.2, 0) is 17.8 Å². The number of carbonyl (C=O) groups excluding carboxylic acids is 1. The van der Waals surface area contributed by atoms with Crippen LogP contribution in [0.2, 0.25) is 0 Å². The van der Waals surface area contributed by atoms with Crippen LogP contribution in [0.1, 0.15) is 37.3 Å². The molecule has 3 aromatic rings. The summed E-state index contributed by atoms with van der Waals surface area (Å²) in [5.41, 5.74) is 1.55. The number of hydrogen-bond acceptors (Lipinski definition) is 6. The second kappa shape index (κ2) is 5.79. The van der Waals surface area contributed by atoms with Gasteiger partial charge in [0.1, 0.15) is 18.0 Å². The van der Waals surface area contributed by atoms with Crippen LogP contribution in [0.15, 0.2) is 24.7 Å². The van der Waals surface area contributed by atoms with Gasteiger partial charge in [-0.2, -0.15) is 4.52 Å². The Bertz CT molecular complexity index is 972. The Morgan fingerprint density at radius 3 is 3.04 bits per heavy atom. The number of hydrogen-bond donors (Lipinski definition) is 1. The molecule has 1 amide bonds. The summed E-state index contributed by atoms with van der Waals surface area (Å²) in [4.78, 5) is 19.0. The van der Waals surface area contributed by atoms with Crippen molar-refractivity contribution in [1.29, 1.82) is 0 Å². The van der Waals surface area contributed by atoms with Gasteiger partial charge >= 0.3 is 0 Å². The fourth-order valence-corrected chi connectivity index (χ4v) is 3.49. The molecule has 4 heterocycles. The molecule has 1 aliphatic carbocycles. The molecule has 0 radical (unpaired) electrons. The van der Waals surface area contributed by atoms with Gasteiger partial charge in [0, 0.05) is 25.3 Å². The van der Waals surface area contributed by atoms with Gasteiger partial charge in [0.15, 0.2) is 5.65 Å². The zero-order chi connectivity index (χ0) is 17.7. The van der Waals surface area contributed by atoms with Crippen LogP contribution in [0.4, 0.5) is 5.82 Å². The first-order valence-electron chi connectivity index (χ1n) is 8.96. The first-order chi connectivity index (χ1) is 12.7. The van der Waals surface area contributed by atoms with Gasteiger partial charge in [-0.1, -0.05) is 0 Å². The Kier molecular flexibility index (Phi) is 3.41. The normalized spacial score (nSPS) is 19.6. The van der Waals surface area contributed by atoms with E-state index in [1.807, 2.05) is 18.3 Å². The van der Waals surface area contributed by atoms with Crippen molar-refractivity contribution in [3.05, 3.63) is 36.2 Å². The quantitative estimate of drug-likeness (QED) is 0.744. The van der Waals surface area contributed by atoms with Crippen molar-refractivity contribution in [1.82, 2.24) is 34.7 Å². The fourth-order valence-electron chi connectivity index (χ4n) is 3.49. The van der Waals surface area contributed by atoms with E-state index in [1.165, 1.54) is 0 Å². The van der Waals surface area contributed by atoms with Gasteiger partial charge in [-0.25, -0.2) is 4.98 Å². The summed E-state index contributed by atoms with van der Waals surface area (Å²) in [7, 11) is 0. The molecule has 2 aliphatic rings. The van der Waals surface area contributed by atoms with E-state index in [0.717, 1.165) is 48.9 Å². The molecule has 1 unspecified atom stereocenters. The summed E-state index contributed by atoms with van der Waals surface area (Å²) in [5.74, 6) is 1.90. The molecule has 1 atom stereocenters. The minimum Gasteiger partial charge on any atom is -0.353 e. The lowest BCUT2D eigenvalue weighted by Gasteiger charge is -2.34. The molecule has 9 heteroatoms. The van der Waals surface area contributed by atoms with E-state index >= 15 is 0 Å². The predicted molar refractivity (Wildman–Crippen MR) is 93.6 cm³/mol. The number of nitrogens with zero attached hydrogens (tertiary/aromatic N) is 7. The Hall–Kier alpha value is -2.97. The summed E-state index contributed by atoms with van der Waals surface area (Å²) in [5, 5.41) is 15.5. The van der Waals surface area contributed by atoms with Gasteiger partial charge in [-0.15, -0.1) is 15.3 Å². The van der Waals surface area contributed by atoms with Gasteiger partial charge in [0.25, 0.3) is 0 Å². The molecule has 0 aromatic carbocycles. The highest BCUT2D eigenvalue weighted by Gasteiger charge is 2.28. The van der Waals surface area contributed by atoms with Crippen molar-refractivity contribution < 1.29 is 4.79 Å². The lowest BCUT2D eigenvalue weighted by molar-refractivity contribution is -0.120. The summed E-state index contributed by atoms with van der Waals surface area (Å²) >= 11 is 0. The lowest BCUT2D eigenvalue weighted by atomic mass is 10.2. The van der Waals surface area contributed by atoms with Crippen LogP contribution in [-0.4, -0.2) is 47.9 Å². The van der Waals surface area contributed by atoms with Crippen LogP contribution in [0.5, 0.6) is 0 Å². The number of aromatic nitrogens is 6. The molecule has 1 saturated carbocycles. The van der Waals surface area contributed by atoms with Crippen molar-refractivity contribution in [3.8, 4) is 0 Å². The number of imidazole rings is 1. The Morgan fingerprint density at radius 2 is 2.19 bits per heavy atom. The maximum absolute atomic E-state index is 12.0. The summed E-state index contributed by atoms with van der Waals surface area (Å²) < 4.78 is 3.83. The van der Waals surface area contributed by atoms with E-state index in [1.54, 1.807) is 10.8 Å². The first-order valence-corrected chi connectivity index (χ1v) is 8.96. The van der Waals surface area contributed by atoms with Gasteiger partial charge in [-0.05, 0) is 31.9 Å². The average Bonchev–Trinajstić information content (AvgIpc) is 3.15. The predicted octanol–water partition coefficient (Wildman–Crippen LogP) is 0.723. The molecule has 1 N–H and O–H groups in total. The standard InChI is InChI=1S/C17H20N8O/c1-11-17-20-13(8-16(26)19-12-2-3-12)9-23(17)6-7-24(11)15-5-4-14-21-18-10-25(14)22-15/h4-5,9-12H,2-3,6-8H2,1H3,(H,19,26). The van der Waals surface area contributed by atoms with Crippen molar-refractivity contribution in [2.75, 3.05) is 11.4 Å². The monoisotopic (exact) mass is 352 g/mol. The molecule has 0 saturated heterocycles. The van der Waals surface area contributed by atoms with Crippen molar-refractivity contribution in [3.63, 3.8) is 0 Å². The largest absolute Gasteiger partial charge is 0.353 e. The number of nitrogens with one attached hydrogen (secondary N) is 1. The highest BCUT2D eigenvalue weighted by molar-refractivity contribution is 5.78. The molecule has 0 spiro atoms. The van der Waals surface area contributed by atoms with E-state index < -0.39 is 0 Å². The third-order valence-electron chi connectivity index (χ3n) is 5.01. The summed E-state index contributed by atoms with van der Waals surface area (Å²) in [6.07, 6.45) is 6.15. The topological polar surface area (TPSA) is 93.2 Å². The molecular weight excluding hydrogens is 332 g/mol. The molecule has 0 bridgehead atoms. The van der Waals surface area contributed by atoms with E-state index in [4.69, 9.17) is 4.98 Å². The highest BCUT2D eigenvalue weighted by Crippen LogP contribution is 2.29. The van der Waals surface area contributed by atoms with Crippen molar-refractivity contribution in [2.24, 2.45) is 0 Å². The lowest BCUT2D eigenvalue weighted by Crippen LogP contribution is -2.37. The van der Waals surface area contributed by atoms with Gasteiger partial charge in [0.05, 0.1) is 18.2 Å². The second-order valence-corrected chi connectivity index (χ2v) is 7.00. The minimum atomic E-state index is 0.0622. The third kappa shape index (κ3) is 2.69. The van der Waals surface area contributed by atoms with Crippen LogP contribution >= 0.6 is 0 Å². The Balaban J connectivity index is 1.37. The van der Waals surface area contributed by atoms with Crippen LogP contribution in [0, 0.1) is 0 Å². The van der Waals surface area contributed by atoms with Gasteiger partial charge in [-0.3, -0.25) is 4.79 Å². The number of fused-ring (bicyclic) bond motifs is 2. The van der Waals surface area contributed by atoms with E-state index in [-0.39, 0.29) is 11.9 Å². The zero-order valence-electron chi connectivity index (χ0n) is 14.5. The second-order valence-electron chi connectivity index (χ2n) is 7.00. The third-order valence-corrected chi connectivity index (χ3v) is 5.01. The number of amides is 1. The molecule has 26 heavy (non-hydrogen) atoms. The Labute approximate surface area is 150 Å². The van der Waals surface area contributed by atoms with Crippen LogP contribution < -0.4 is 10.2 Å². The molecule has 9 nitrogen and oxygen atoms in total. The highest BCUT2D eigenvalue weighted by atomic mass is 16.1. The van der Waals surface area contributed by atoms with Crippen molar-refractivity contribution >= 4 is 17.4 Å². The maximum Gasteiger partial charge on any atom is 0.226 e. The van der Waals surface area contributed by atoms with Crippen molar-refractivity contribution in [2.45, 2.75) is 44.8 Å². The SMILES string of the molecule is CC1c2nc(CC(=O)NC3CC3)cn2CCN1c1ccc2nncn2n1. The molecule has 134 valence electrons. The zero-order valence-corrected chi connectivity index (χ0v) is 14.5. The smallest absolute Gasteiger partial charge is 0.226 e. The summed E-state index contributed by atoms with van der Waals surface area (Å²) in [6.45, 7) is 3.77. The number of rotatable bonds is 4. The van der Waals surface area contributed by atoms with E-state index in [9.17, 15) is 4.79 Å². The molecular formula is C17H20N8O. The van der Waals surface area contributed by atoms with Gasteiger partial charge < -0.3 is 14.8 Å². The van der Waals surface area contributed by atoms with E-state index in [2.05, 4.69) is 37.0 Å². The van der Waals surface area contributed by atoms with Gasteiger partial charge in [0.2, 0.25) is 5.91 Å². The number of anilines is 1. The molecule has 1 aliphatic heterocycles. The van der Waals surface area contributed by atoms with Crippen LogP contribution in [0.3, 0.4) is 0 Å². The number of carbonyl (C=O) groups is 1.